The molecule has 0 saturated carbocycles. The largest absolute Gasteiger partial charge is 0.310 e. The SMILES string of the molecule is [C-]#[N+]c1ccc(N(c2ccc([Si](C)(C)C)cc2)c2ccc3ccc4c(N(c5ccccc5)c5ccc([Si](C)(C)C)cc5)ccc5ccc2c3c54)cc1.[C-]#[N+]c1ccc(N(c2ccccc2)c2ccc3ccc4c(N(c5ccc([N+]#[C-])cc5)c5ccc([Si](C)(C)C)cc5)ccc5ccc2c3c54)cc1.[C-]#[N+]c1ccc(N(c2ccccc2)c2ccc3ccc4c(N(c5ccccc5)c5ccc([Si](C)(C)C)cc5)ccc5ccc2c3c54)cc1. The van der Waals surface area contributed by atoms with Gasteiger partial charge in [0, 0.05) is 101 Å². The van der Waals surface area contributed by atoms with Crippen molar-refractivity contribution >= 4 is 275 Å². The fourth-order valence-electron chi connectivity index (χ4n) is 21.5. The molecule has 0 aliphatic heterocycles. The van der Waals surface area contributed by atoms with Gasteiger partial charge in [-0.25, -0.2) is 19.4 Å². The van der Waals surface area contributed by atoms with Crippen molar-refractivity contribution in [2.24, 2.45) is 0 Å². The molecule has 24 aromatic rings. The summed E-state index contributed by atoms with van der Waals surface area (Å²) in [6, 6.07) is 165. The first-order valence-corrected chi connectivity index (χ1v) is 65.2. The molecule has 24 rings (SSSR count). The van der Waals surface area contributed by atoms with Crippen LogP contribution in [0.4, 0.5) is 125 Å². The highest BCUT2D eigenvalue weighted by Gasteiger charge is 2.31. The fourth-order valence-corrected chi connectivity index (χ4v) is 26.2. The van der Waals surface area contributed by atoms with E-state index in [-0.39, 0.29) is 0 Å². The monoisotopic (exact) mass is 2000 g/mol. The summed E-state index contributed by atoms with van der Waals surface area (Å²) in [5.41, 5.74) is 22.1. The zero-order chi connectivity index (χ0) is 103. The van der Waals surface area contributed by atoms with Gasteiger partial charge in [0.15, 0.2) is 22.7 Å². The summed E-state index contributed by atoms with van der Waals surface area (Å²) in [6.07, 6.45) is 0. The number of hydrogen-bond donors (Lipinski definition) is 0. The average molecular weight is 2000 g/mol. The van der Waals surface area contributed by atoms with Crippen LogP contribution in [0.3, 0.4) is 0 Å². The predicted molar refractivity (Wildman–Crippen MR) is 656 cm³/mol. The molecule has 0 unspecified atom stereocenters. The highest BCUT2D eigenvalue weighted by molar-refractivity contribution is 6.90. The number of rotatable bonds is 22. The second-order valence-electron chi connectivity index (χ2n) is 42.8. The molecule has 722 valence electrons. The third kappa shape index (κ3) is 18.5. The van der Waals surface area contributed by atoms with Crippen molar-refractivity contribution < 1.29 is 0 Å². The van der Waals surface area contributed by atoms with E-state index in [2.05, 4.69) is 491 Å². The van der Waals surface area contributed by atoms with E-state index in [1.54, 1.807) is 0 Å². The minimum atomic E-state index is -1.49. The summed E-state index contributed by atoms with van der Waals surface area (Å²) in [4.78, 5) is 28.7. The van der Waals surface area contributed by atoms with Gasteiger partial charge < -0.3 is 29.4 Å². The molecule has 0 aliphatic rings. The molecular formula is C136H112N10Si4. The molecular weight excluding hydrogens is 1890 g/mol. The molecule has 0 aliphatic carbocycles. The summed E-state index contributed by atoms with van der Waals surface area (Å²) < 4.78 is 0. The average Bonchev–Trinajstić information content (AvgIpc) is 0.725. The number of para-hydroxylation sites is 4. The first-order chi connectivity index (χ1) is 72.7. The van der Waals surface area contributed by atoms with Gasteiger partial charge >= 0.3 is 0 Å². The molecule has 0 spiro atoms. The van der Waals surface area contributed by atoms with E-state index in [0.717, 1.165) is 113 Å². The molecule has 24 aromatic carbocycles. The van der Waals surface area contributed by atoms with Crippen LogP contribution in [0.2, 0.25) is 78.6 Å². The van der Waals surface area contributed by atoms with Crippen LogP contribution in [0.25, 0.3) is 116 Å². The van der Waals surface area contributed by atoms with Crippen molar-refractivity contribution in [1.82, 2.24) is 0 Å². The summed E-state index contributed by atoms with van der Waals surface area (Å²) >= 11 is 0. The Bertz CT molecular complexity index is 9290. The molecule has 0 atom stereocenters. The third-order valence-electron chi connectivity index (χ3n) is 29.3. The van der Waals surface area contributed by atoms with Crippen LogP contribution in [0.15, 0.2) is 461 Å². The van der Waals surface area contributed by atoms with Gasteiger partial charge in [0.2, 0.25) is 0 Å². The second-order valence-corrected chi connectivity index (χ2v) is 63.1. The maximum Gasteiger partial charge on any atom is 0.187 e. The molecule has 0 bridgehead atoms. The van der Waals surface area contributed by atoms with Crippen LogP contribution in [-0.4, -0.2) is 32.3 Å². The number of anilines is 18. The van der Waals surface area contributed by atoms with Crippen molar-refractivity contribution in [3.05, 3.63) is 507 Å². The zero-order valence-corrected chi connectivity index (χ0v) is 90.4. The quantitative estimate of drug-likeness (QED) is 0.0382. The summed E-state index contributed by atoms with van der Waals surface area (Å²) in [5.74, 6) is 0. The van der Waals surface area contributed by atoms with Gasteiger partial charge in [0.25, 0.3) is 0 Å². The lowest BCUT2D eigenvalue weighted by molar-refractivity contribution is 1.30. The van der Waals surface area contributed by atoms with Gasteiger partial charge in [-0.2, -0.15) is 0 Å². The Labute approximate surface area is 883 Å². The molecule has 0 N–H and O–H groups in total. The molecule has 0 fully saturated rings. The van der Waals surface area contributed by atoms with Crippen LogP contribution < -0.4 is 50.1 Å². The van der Waals surface area contributed by atoms with Crippen molar-refractivity contribution in [2.45, 2.75) is 78.6 Å². The Morgan fingerprint density at radius 1 is 0.140 bits per heavy atom. The van der Waals surface area contributed by atoms with E-state index in [1.807, 2.05) is 97.1 Å². The van der Waals surface area contributed by atoms with Gasteiger partial charge in [-0.05, 0) is 247 Å². The van der Waals surface area contributed by atoms with E-state index in [9.17, 15) is 0 Å². The van der Waals surface area contributed by atoms with E-state index in [1.165, 1.54) is 107 Å². The van der Waals surface area contributed by atoms with Gasteiger partial charge in [-0.3, -0.25) is 0 Å². The Morgan fingerprint density at radius 2 is 0.267 bits per heavy atom. The maximum absolute atomic E-state index is 7.56. The minimum absolute atomic E-state index is 0.619. The van der Waals surface area contributed by atoms with E-state index in [0.29, 0.717) is 22.7 Å². The molecule has 0 heterocycles. The summed E-state index contributed by atoms with van der Waals surface area (Å²) in [7, 11) is -5.86. The van der Waals surface area contributed by atoms with Gasteiger partial charge in [0.05, 0.1) is 92.7 Å². The van der Waals surface area contributed by atoms with E-state index < -0.39 is 32.3 Å². The maximum atomic E-state index is 7.56. The van der Waals surface area contributed by atoms with Crippen LogP contribution >= 0.6 is 0 Å². The molecule has 0 saturated heterocycles. The van der Waals surface area contributed by atoms with Gasteiger partial charge in [0.1, 0.15) is 0 Å². The molecule has 10 nitrogen and oxygen atoms in total. The first kappa shape index (κ1) is 96.8. The van der Waals surface area contributed by atoms with Gasteiger partial charge in [-0.15, -0.1) is 0 Å². The standard InChI is InChI=1S/C47H43N3Si2.C45H34N4Si.C44H35N3Si/c1-48-35-17-19-37(20-18-35)50(39-23-27-41(28-24-39)52(5,6)7)45-32-16-34-13-29-42-44(31-15-33-14-30-43(45)47(34)46(33)42)49(36-11-9-8-10-12-36)38-21-25-40(26-22-38)51(2,3)4;1-46-33-15-19-36(20-16-33)48(35-9-7-6-8-10-35)42-29-13-31-12-28-41-43(30-14-32-11-27-40(42)44(31)45(32)41)49(37-21-17-34(47-2)18-22-37)38-23-25-39(26-24-38)50(3,4)5;1-45-33-19-21-36(22-20-33)46(34-11-7-5-8-12-34)41-29-17-31-16-28-40-42(30-18-32-15-27-39(41)43(31)44(32)40)47(35-13-9-6-10-14-35)37-23-25-38(26-24-37)48(2,3)4/h8-32H,2-7H3;6-30H,3-5H3;5-30H,2-4H3. The lowest BCUT2D eigenvalue weighted by atomic mass is 9.91. The van der Waals surface area contributed by atoms with Crippen LogP contribution in [-0.2, 0) is 0 Å². The van der Waals surface area contributed by atoms with Crippen molar-refractivity contribution in [2.75, 3.05) is 29.4 Å². The molecule has 0 radical (unpaired) electrons. The molecule has 0 aromatic heterocycles. The highest BCUT2D eigenvalue weighted by Crippen LogP contribution is 2.54. The van der Waals surface area contributed by atoms with E-state index >= 15 is 0 Å². The van der Waals surface area contributed by atoms with Crippen LogP contribution in [0.5, 0.6) is 0 Å². The van der Waals surface area contributed by atoms with E-state index in [4.69, 9.17) is 26.3 Å². The Balaban J connectivity index is 0.000000127. The first-order valence-electron chi connectivity index (χ1n) is 51.2. The lowest BCUT2D eigenvalue weighted by Crippen LogP contribution is -2.37. The smallest absolute Gasteiger partial charge is 0.187 e. The molecule has 150 heavy (non-hydrogen) atoms. The zero-order valence-electron chi connectivity index (χ0n) is 86.4. The number of hydrogen-bond acceptors (Lipinski definition) is 6. The van der Waals surface area contributed by atoms with Crippen LogP contribution in [0.1, 0.15) is 0 Å². The topological polar surface area (TPSA) is 36.9 Å². The molecule has 14 heteroatoms. The highest BCUT2D eigenvalue weighted by atomic mass is 28.3. The Morgan fingerprint density at radius 3 is 0.400 bits per heavy atom. The predicted octanol–water partition coefficient (Wildman–Crippen LogP) is 39.0. The Hall–Kier alpha value is -18.0. The Kier molecular flexibility index (Phi) is 25.7. The van der Waals surface area contributed by atoms with Crippen LogP contribution in [0, 0.1) is 26.3 Å². The second kappa shape index (κ2) is 39.8. The summed E-state index contributed by atoms with van der Waals surface area (Å²) in [5, 5.41) is 27.6. The normalized spacial score (nSPS) is 11.7. The number of benzene rings is 24. The summed E-state index contributed by atoms with van der Waals surface area (Å²) in [6.45, 7) is 58.7. The lowest BCUT2D eigenvalue weighted by Gasteiger charge is -2.30. The molecule has 0 amide bonds. The fraction of sp³-hybridized carbons (Fsp3) is 0.0882. The van der Waals surface area contributed by atoms with Crippen molar-refractivity contribution in [1.29, 1.82) is 0 Å². The minimum Gasteiger partial charge on any atom is -0.310 e. The van der Waals surface area contributed by atoms with Crippen molar-refractivity contribution in [3.8, 4) is 0 Å². The van der Waals surface area contributed by atoms with Gasteiger partial charge in [-0.1, -0.05) is 378 Å². The number of nitrogens with zero attached hydrogens (tertiary/aromatic N) is 10. The van der Waals surface area contributed by atoms with Crippen molar-refractivity contribution in [3.63, 3.8) is 0 Å². The third-order valence-corrected chi connectivity index (χ3v) is 37.5.